The molecule has 150 valence electrons. The minimum atomic E-state index is -0.584. The Hall–Kier alpha value is -1.93. The predicted molar refractivity (Wildman–Crippen MR) is 91.0 cm³/mol. The van der Waals surface area contributed by atoms with Gasteiger partial charge in [0.2, 0.25) is 12.6 Å². The zero-order valence-corrected chi connectivity index (χ0v) is 15.3. The van der Waals surface area contributed by atoms with Gasteiger partial charge < -0.3 is 23.7 Å². The summed E-state index contributed by atoms with van der Waals surface area (Å²) in [4.78, 5) is 36.6. The second-order valence-corrected chi connectivity index (χ2v) is 7.12. The maximum atomic E-state index is 12.5. The first-order valence-corrected chi connectivity index (χ1v) is 9.52. The predicted octanol–water partition coefficient (Wildman–Crippen LogP) is 1.86. The van der Waals surface area contributed by atoms with Gasteiger partial charge in [-0.3, -0.25) is 9.59 Å². The highest BCUT2D eigenvalue weighted by molar-refractivity contribution is 5.81. The first kappa shape index (κ1) is 19.8. The Morgan fingerprint density at radius 3 is 1.74 bits per heavy atom. The molecule has 3 fully saturated rings. The average molecular weight is 382 g/mol. The first-order chi connectivity index (χ1) is 13.0. The lowest BCUT2D eigenvalue weighted by molar-refractivity contribution is -0.185. The molecule has 8 nitrogen and oxygen atoms in total. The molecule has 8 heteroatoms. The summed E-state index contributed by atoms with van der Waals surface area (Å²) in [5, 5.41) is 0. The molecule has 1 aliphatic carbocycles. The fraction of sp³-hybridized carbons (Fsp3) is 0.737. The molecule has 27 heavy (non-hydrogen) atoms. The zero-order chi connectivity index (χ0) is 19.2. The fourth-order valence-corrected chi connectivity index (χ4v) is 3.69. The van der Waals surface area contributed by atoms with Gasteiger partial charge in [-0.15, -0.1) is 0 Å². The summed E-state index contributed by atoms with van der Waals surface area (Å²) in [5.41, 5.74) is 0. The van der Waals surface area contributed by atoms with Crippen molar-refractivity contribution in [1.82, 2.24) is 0 Å². The molecular weight excluding hydrogens is 356 g/mol. The van der Waals surface area contributed by atoms with E-state index in [0.717, 1.165) is 18.9 Å². The molecule has 4 atom stereocenters. The Balaban J connectivity index is 1.62. The van der Waals surface area contributed by atoms with Crippen molar-refractivity contribution in [2.45, 2.75) is 63.6 Å². The average Bonchev–Trinajstić information content (AvgIpc) is 3.35. The molecular formula is C19H26O8. The topological polar surface area (TPSA) is 97.4 Å². The Morgan fingerprint density at radius 2 is 1.33 bits per heavy atom. The van der Waals surface area contributed by atoms with Crippen molar-refractivity contribution < 1.29 is 38.1 Å². The molecule has 0 aromatic rings. The molecule has 4 unspecified atom stereocenters. The highest BCUT2D eigenvalue weighted by Gasteiger charge is 2.41. The Kier molecular flexibility index (Phi) is 6.84. The summed E-state index contributed by atoms with van der Waals surface area (Å²) >= 11 is 0. The van der Waals surface area contributed by atoms with Crippen LogP contribution in [0, 0.1) is 11.8 Å². The van der Waals surface area contributed by atoms with Gasteiger partial charge in [0.25, 0.3) is 0 Å². The second-order valence-electron chi connectivity index (χ2n) is 7.12. The van der Waals surface area contributed by atoms with E-state index in [-0.39, 0.29) is 0 Å². The van der Waals surface area contributed by atoms with Gasteiger partial charge in [-0.1, -0.05) is 6.58 Å². The van der Waals surface area contributed by atoms with Crippen molar-refractivity contribution in [2.24, 2.45) is 11.8 Å². The fourth-order valence-electron chi connectivity index (χ4n) is 3.69. The minimum Gasteiger partial charge on any atom is -0.459 e. The van der Waals surface area contributed by atoms with Crippen LogP contribution in [-0.2, 0) is 38.1 Å². The molecule has 1 saturated carbocycles. The van der Waals surface area contributed by atoms with Crippen molar-refractivity contribution >= 4 is 17.9 Å². The molecule has 0 N–H and O–H groups in total. The second kappa shape index (κ2) is 9.32. The van der Waals surface area contributed by atoms with E-state index in [1.165, 1.54) is 0 Å². The van der Waals surface area contributed by atoms with Crippen LogP contribution in [0.15, 0.2) is 12.7 Å². The lowest BCUT2D eigenvalue weighted by Crippen LogP contribution is -2.39. The molecule has 0 bridgehead atoms. The molecule has 2 heterocycles. The Bertz CT molecular complexity index is 524. The van der Waals surface area contributed by atoms with E-state index in [0.29, 0.717) is 45.3 Å². The van der Waals surface area contributed by atoms with Gasteiger partial charge in [-0.05, 0) is 32.1 Å². The maximum Gasteiger partial charge on any atom is 0.330 e. The van der Waals surface area contributed by atoms with E-state index in [4.69, 9.17) is 23.7 Å². The van der Waals surface area contributed by atoms with Crippen molar-refractivity contribution in [3.8, 4) is 0 Å². The van der Waals surface area contributed by atoms with E-state index in [1.54, 1.807) is 0 Å². The van der Waals surface area contributed by atoms with Crippen LogP contribution in [0.1, 0.15) is 44.9 Å². The molecule has 2 aliphatic heterocycles. The smallest absolute Gasteiger partial charge is 0.330 e. The number of hydrogen-bond donors (Lipinski definition) is 0. The van der Waals surface area contributed by atoms with Crippen molar-refractivity contribution in [3.63, 3.8) is 0 Å². The highest BCUT2D eigenvalue weighted by atomic mass is 16.7. The van der Waals surface area contributed by atoms with Crippen LogP contribution < -0.4 is 0 Å². The normalized spacial score (nSPS) is 33.3. The third-order valence-electron chi connectivity index (χ3n) is 5.05. The summed E-state index contributed by atoms with van der Waals surface area (Å²) in [7, 11) is 0. The molecule has 0 aromatic carbocycles. The van der Waals surface area contributed by atoms with Gasteiger partial charge in [-0.25, -0.2) is 4.79 Å². The van der Waals surface area contributed by atoms with Gasteiger partial charge >= 0.3 is 17.9 Å². The molecule has 0 spiro atoms. The monoisotopic (exact) mass is 382 g/mol. The third-order valence-corrected chi connectivity index (χ3v) is 5.05. The van der Waals surface area contributed by atoms with Crippen LogP contribution in [0.3, 0.4) is 0 Å². The molecule has 3 aliphatic rings. The third kappa shape index (κ3) is 5.52. The van der Waals surface area contributed by atoms with Gasteiger partial charge in [0, 0.05) is 18.9 Å². The van der Waals surface area contributed by atoms with Crippen molar-refractivity contribution in [3.05, 3.63) is 12.7 Å². The largest absolute Gasteiger partial charge is 0.459 e. The maximum absolute atomic E-state index is 12.5. The van der Waals surface area contributed by atoms with E-state index >= 15 is 0 Å². The Labute approximate surface area is 158 Å². The lowest BCUT2D eigenvalue weighted by Gasteiger charge is -2.32. The van der Waals surface area contributed by atoms with Gasteiger partial charge in [0.05, 0.1) is 25.0 Å². The highest BCUT2D eigenvalue weighted by Crippen LogP contribution is 2.34. The number of esters is 3. The van der Waals surface area contributed by atoms with E-state index in [2.05, 4.69) is 6.58 Å². The van der Waals surface area contributed by atoms with E-state index < -0.39 is 48.4 Å². The Morgan fingerprint density at radius 1 is 0.815 bits per heavy atom. The van der Waals surface area contributed by atoms with Crippen LogP contribution in [-0.4, -0.2) is 49.8 Å². The SMILES string of the molecule is C=CC(=O)OC1CC(C(=O)OC2CCCO2)CC(C(=O)OC2CCCO2)C1. The zero-order valence-electron chi connectivity index (χ0n) is 15.3. The summed E-state index contributed by atoms with van der Waals surface area (Å²) < 4.78 is 26.8. The number of ether oxygens (including phenoxy) is 5. The van der Waals surface area contributed by atoms with E-state index in [9.17, 15) is 14.4 Å². The quantitative estimate of drug-likeness (QED) is 0.390. The van der Waals surface area contributed by atoms with E-state index in [1.807, 2.05) is 0 Å². The van der Waals surface area contributed by atoms with Crippen LogP contribution in [0.25, 0.3) is 0 Å². The molecule has 3 rings (SSSR count). The first-order valence-electron chi connectivity index (χ1n) is 9.52. The minimum absolute atomic E-state index is 0.291. The summed E-state index contributed by atoms with van der Waals surface area (Å²) in [6.07, 6.45) is 3.33. The summed E-state index contributed by atoms with van der Waals surface area (Å²) in [5.74, 6) is -2.58. The summed E-state index contributed by atoms with van der Waals surface area (Å²) in [6.45, 7) is 4.52. The number of rotatable bonds is 6. The standard InChI is InChI=1S/C19H26O8/c1-2-15(20)25-14-10-12(18(21)26-16-5-3-7-23-16)9-13(11-14)19(22)27-17-6-4-8-24-17/h2,12-14,16-17H,1,3-11H2. The number of carbonyl (C=O) groups is 3. The van der Waals surface area contributed by atoms with Gasteiger partial charge in [0.1, 0.15) is 6.10 Å². The van der Waals surface area contributed by atoms with Crippen LogP contribution in [0.2, 0.25) is 0 Å². The molecule has 0 radical (unpaired) electrons. The lowest BCUT2D eigenvalue weighted by atomic mass is 9.79. The van der Waals surface area contributed by atoms with Gasteiger partial charge in [-0.2, -0.15) is 0 Å². The van der Waals surface area contributed by atoms with Crippen LogP contribution >= 0.6 is 0 Å². The molecule has 0 aromatic heterocycles. The summed E-state index contributed by atoms with van der Waals surface area (Å²) in [6, 6.07) is 0. The molecule has 0 amide bonds. The van der Waals surface area contributed by atoms with Crippen molar-refractivity contribution in [2.75, 3.05) is 13.2 Å². The molecule has 2 saturated heterocycles. The van der Waals surface area contributed by atoms with Crippen LogP contribution in [0.4, 0.5) is 0 Å². The van der Waals surface area contributed by atoms with Gasteiger partial charge in [0.15, 0.2) is 0 Å². The van der Waals surface area contributed by atoms with Crippen LogP contribution in [0.5, 0.6) is 0 Å². The van der Waals surface area contributed by atoms with Crippen molar-refractivity contribution in [1.29, 1.82) is 0 Å². The number of carbonyl (C=O) groups excluding carboxylic acids is 3. The number of hydrogen-bond acceptors (Lipinski definition) is 8.